The van der Waals surface area contributed by atoms with Crippen LogP contribution in [-0.4, -0.2) is 29.5 Å². The average Bonchev–Trinajstić information content (AvgIpc) is 2.22. The summed E-state index contributed by atoms with van der Waals surface area (Å²) in [6.45, 7) is 0.382. The summed E-state index contributed by atoms with van der Waals surface area (Å²) >= 11 is 5.93. The number of halogens is 1. The molecular weight excluding hydrogens is 202 g/mol. The summed E-state index contributed by atoms with van der Waals surface area (Å²) in [6, 6.07) is 7.19. The van der Waals surface area contributed by atoms with Gasteiger partial charge in [0, 0.05) is 11.6 Å². The van der Waals surface area contributed by atoms with Crippen molar-refractivity contribution in [1.29, 1.82) is 0 Å². The van der Waals surface area contributed by atoms with Crippen molar-refractivity contribution in [3.05, 3.63) is 34.9 Å². The first-order chi connectivity index (χ1) is 6.77. The van der Waals surface area contributed by atoms with Gasteiger partial charge in [-0.2, -0.15) is 0 Å². The van der Waals surface area contributed by atoms with Crippen LogP contribution >= 0.6 is 11.6 Å². The van der Waals surface area contributed by atoms with Crippen molar-refractivity contribution >= 4 is 11.6 Å². The van der Waals surface area contributed by atoms with Crippen molar-refractivity contribution in [3.8, 4) is 0 Å². The predicted octanol–water partition coefficient (Wildman–Crippen LogP) is 0.783. The molecule has 3 N–H and O–H groups in total. The van der Waals surface area contributed by atoms with E-state index in [1.54, 1.807) is 0 Å². The molecule has 0 fully saturated rings. The largest absolute Gasteiger partial charge is 0.395 e. The van der Waals surface area contributed by atoms with Crippen molar-refractivity contribution in [3.63, 3.8) is 0 Å². The standard InChI is InChI=1S/C10H14ClNO2/c11-10-4-2-1-3-8(10)5-12-9(6-13)7-14/h1-4,9,12-14H,5-7H2. The molecule has 14 heavy (non-hydrogen) atoms. The highest BCUT2D eigenvalue weighted by molar-refractivity contribution is 6.31. The Morgan fingerprint density at radius 1 is 1.21 bits per heavy atom. The second kappa shape index (κ2) is 5.98. The third kappa shape index (κ3) is 3.27. The summed E-state index contributed by atoms with van der Waals surface area (Å²) in [7, 11) is 0. The van der Waals surface area contributed by atoms with Crippen molar-refractivity contribution in [2.75, 3.05) is 13.2 Å². The molecule has 0 spiro atoms. The van der Waals surface area contributed by atoms with Gasteiger partial charge >= 0.3 is 0 Å². The van der Waals surface area contributed by atoms with Crippen molar-refractivity contribution in [2.24, 2.45) is 0 Å². The van der Waals surface area contributed by atoms with Gasteiger partial charge in [-0.25, -0.2) is 0 Å². The maximum atomic E-state index is 8.82. The number of benzene rings is 1. The van der Waals surface area contributed by atoms with Gasteiger partial charge in [0.25, 0.3) is 0 Å². The van der Waals surface area contributed by atoms with Gasteiger partial charge in [0.2, 0.25) is 0 Å². The zero-order valence-electron chi connectivity index (χ0n) is 7.78. The molecule has 1 aromatic rings. The third-order valence-electron chi connectivity index (χ3n) is 1.98. The molecule has 0 atom stereocenters. The molecule has 0 aromatic heterocycles. The number of aliphatic hydroxyl groups is 2. The monoisotopic (exact) mass is 215 g/mol. The fourth-order valence-electron chi connectivity index (χ4n) is 1.08. The fraction of sp³-hybridized carbons (Fsp3) is 0.400. The number of nitrogens with one attached hydrogen (secondary N) is 1. The van der Waals surface area contributed by atoms with Crippen LogP contribution in [0, 0.1) is 0 Å². The fourth-order valence-corrected chi connectivity index (χ4v) is 1.29. The molecule has 1 aromatic carbocycles. The Hall–Kier alpha value is -0.610. The Morgan fingerprint density at radius 3 is 2.43 bits per heavy atom. The molecule has 0 saturated heterocycles. The van der Waals surface area contributed by atoms with Crippen molar-refractivity contribution in [2.45, 2.75) is 12.6 Å². The molecule has 0 aliphatic carbocycles. The van der Waals surface area contributed by atoms with Crippen LogP contribution < -0.4 is 5.32 Å². The molecule has 0 bridgehead atoms. The Labute approximate surface area is 88.3 Å². The van der Waals surface area contributed by atoms with E-state index in [-0.39, 0.29) is 19.3 Å². The lowest BCUT2D eigenvalue weighted by Gasteiger charge is -2.13. The summed E-state index contributed by atoms with van der Waals surface area (Å²) in [5.41, 5.74) is 0.959. The lowest BCUT2D eigenvalue weighted by Crippen LogP contribution is -2.35. The number of aliphatic hydroxyl groups excluding tert-OH is 2. The van der Waals surface area contributed by atoms with E-state index in [2.05, 4.69) is 5.32 Å². The van der Waals surface area contributed by atoms with E-state index >= 15 is 0 Å². The minimum Gasteiger partial charge on any atom is -0.395 e. The maximum absolute atomic E-state index is 8.82. The first-order valence-electron chi connectivity index (χ1n) is 4.46. The summed E-state index contributed by atoms with van der Waals surface area (Å²) < 4.78 is 0. The molecule has 0 amide bonds. The predicted molar refractivity (Wildman–Crippen MR) is 56.3 cm³/mol. The van der Waals surface area contributed by atoms with Gasteiger partial charge in [0.15, 0.2) is 0 Å². The van der Waals surface area contributed by atoms with Crippen LogP contribution in [0.3, 0.4) is 0 Å². The minimum absolute atomic E-state index is 0.0824. The van der Waals surface area contributed by atoms with Crippen LogP contribution in [0.25, 0.3) is 0 Å². The summed E-state index contributed by atoms with van der Waals surface area (Å²) in [5, 5.41) is 21.3. The van der Waals surface area contributed by atoms with Crippen molar-refractivity contribution < 1.29 is 10.2 Å². The van der Waals surface area contributed by atoms with Gasteiger partial charge in [0.05, 0.1) is 19.3 Å². The number of rotatable bonds is 5. The lowest BCUT2D eigenvalue weighted by atomic mass is 10.2. The van der Waals surface area contributed by atoms with Crippen LogP contribution in [0.4, 0.5) is 0 Å². The van der Waals surface area contributed by atoms with Gasteiger partial charge in [-0.3, -0.25) is 0 Å². The smallest absolute Gasteiger partial charge is 0.0607 e. The number of hydrogen-bond acceptors (Lipinski definition) is 3. The molecule has 1 rings (SSSR count). The lowest BCUT2D eigenvalue weighted by molar-refractivity contribution is 0.170. The van der Waals surface area contributed by atoms with Gasteiger partial charge in [-0.1, -0.05) is 29.8 Å². The van der Waals surface area contributed by atoms with Crippen LogP contribution in [-0.2, 0) is 6.54 Å². The molecule has 78 valence electrons. The Balaban J connectivity index is 2.49. The Bertz CT molecular complexity index is 277. The van der Waals surface area contributed by atoms with Gasteiger partial charge < -0.3 is 15.5 Å². The van der Waals surface area contributed by atoms with E-state index in [0.29, 0.717) is 11.6 Å². The maximum Gasteiger partial charge on any atom is 0.0607 e. The Morgan fingerprint density at radius 2 is 1.86 bits per heavy atom. The zero-order valence-corrected chi connectivity index (χ0v) is 8.54. The average molecular weight is 216 g/mol. The summed E-state index contributed by atoms with van der Waals surface area (Å²) in [5.74, 6) is 0. The molecular formula is C10H14ClNO2. The highest BCUT2D eigenvalue weighted by atomic mass is 35.5. The Kier molecular flexibility index (Phi) is 4.90. The van der Waals surface area contributed by atoms with Gasteiger partial charge in [0.1, 0.15) is 0 Å². The second-order valence-electron chi connectivity index (χ2n) is 3.03. The van der Waals surface area contributed by atoms with Gasteiger partial charge in [-0.15, -0.1) is 0 Å². The quantitative estimate of drug-likeness (QED) is 0.681. The molecule has 0 unspecified atom stereocenters. The van der Waals surface area contributed by atoms with E-state index in [0.717, 1.165) is 5.56 Å². The van der Waals surface area contributed by atoms with Crippen LogP contribution in [0.15, 0.2) is 24.3 Å². The van der Waals surface area contributed by atoms with E-state index in [1.807, 2.05) is 24.3 Å². The summed E-state index contributed by atoms with van der Waals surface area (Å²) in [6.07, 6.45) is 0. The molecule has 0 radical (unpaired) electrons. The zero-order chi connectivity index (χ0) is 10.4. The summed E-state index contributed by atoms with van der Waals surface area (Å²) in [4.78, 5) is 0. The first kappa shape index (κ1) is 11.5. The topological polar surface area (TPSA) is 52.5 Å². The molecule has 0 heterocycles. The van der Waals surface area contributed by atoms with Crippen LogP contribution in [0.1, 0.15) is 5.56 Å². The molecule has 0 aliphatic heterocycles. The highest BCUT2D eigenvalue weighted by Crippen LogP contribution is 2.14. The van der Waals surface area contributed by atoms with Crippen LogP contribution in [0.5, 0.6) is 0 Å². The van der Waals surface area contributed by atoms with E-state index in [9.17, 15) is 0 Å². The molecule has 3 nitrogen and oxygen atoms in total. The van der Waals surface area contributed by atoms with Gasteiger partial charge in [-0.05, 0) is 11.6 Å². The van der Waals surface area contributed by atoms with E-state index < -0.39 is 0 Å². The van der Waals surface area contributed by atoms with Crippen molar-refractivity contribution in [1.82, 2.24) is 5.32 Å². The van der Waals surface area contributed by atoms with E-state index in [4.69, 9.17) is 21.8 Å². The first-order valence-corrected chi connectivity index (χ1v) is 4.84. The molecule has 0 saturated carbocycles. The van der Waals surface area contributed by atoms with E-state index in [1.165, 1.54) is 0 Å². The second-order valence-corrected chi connectivity index (χ2v) is 3.44. The normalized spacial score (nSPS) is 10.9. The SMILES string of the molecule is OCC(CO)NCc1ccccc1Cl. The third-order valence-corrected chi connectivity index (χ3v) is 2.35. The highest BCUT2D eigenvalue weighted by Gasteiger charge is 2.05. The van der Waals surface area contributed by atoms with Crippen LogP contribution in [0.2, 0.25) is 5.02 Å². The molecule has 0 aliphatic rings. The number of hydrogen-bond donors (Lipinski definition) is 3. The molecule has 4 heteroatoms. The minimum atomic E-state index is -0.286.